The third-order valence-corrected chi connectivity index (χ3v) is 6.37. The number of benzene rings is 2. The number of fused-ring (bicyclic) bond motifs is 1. The number of hydrogen-bond donors (Lipinski definition) is 0. The standard InChI is InChI=1S/C25H29FN2O3/c26-22-11-5-4-7-19(22)17-25(30)28-14-6-8-20-18-27(15-12-23(20)28)24(29)13-16-31-21-9-2-1-3-10-21/h1-5,7,9-11,20,23H,6,8,12-18H2/t20-,23+/m1/s1. The van der Waals surface area contributed by atoms with Gasteiger partial charge in [-0.1, -0.05) is 36.4 Å². The van der Waals surface area contributed by atoms with Gasteiger partial charge in [0.1, 0.15) is 11.6 Å². The number of likely N-dealkylation sites (tertiary alicyclic amines) is 2. The van der Waals surface area contributed by atoms with E-state index in [2.05, 4.69) is 0 Å². The van der Waals surface area contributed by atoms with Gasteiger partial charge in [0.2, 0.25) is 11.8 Å². The van der Waals surface area contributed by atoms with Gasteiger partial charge in [0, 0.05) is 25.7 Å². The Bertz CT molecular complexity index is 905. The van der Waals surface area contributed by atoms with E-state index in [4.69, 9.17) is 4.74 Å². The monoisotopic (exact) mass is 424 g/mol. The maximum Gasteiger partial charge on any atom is 0.227 e. The second-order valence-corrected chi connectivity index (χ2v) is 8.36. The zero-order valence-corrected chi connectivity index (χ0v) is 17.7. The Morgan fingerprint density at radius 2 is 1.74 bits per heavy atom. The van der Waals surface area contributed by atoms with Crippen molar-refractivity contribution in [1.82, 2.24) is 9.80 Å². The summed E-state index contributed by atoms with van der Waals surface area (Å²) in [5.74, 6) is 0.805. The highest BCUT2D eigenvalue weighted by molar-refractivity contribution is 5.79. The Morgan fingerprint density at radius 3 is 2.55 bits per heavy atom. The van der Waals surface area contributed by atoms with E-state index in [1.54, 1.807) is 18.2 Å². The molecule has 2 aliphatic rings. The zero-order chi connectivity index (χ0) is 21.6. The molecule has 5 nitrogen and oxygen atoms in total. The largest absolute Gasteiger partial charge is 0.493 e. The molecule has 0 bridgehead atoms. The Morgan fingerprint density at radius 1 is 0.968 bits per heavy atom. The lowest BCUT2D eigenvalue weighted by Crippen LogP contribution is -2.57. The molecule has 2 amide bonds. The maximum atomic E-state index is 14.0. The molecule has 0 aromatic heterocycles. The van der Waals surface area contributed by atoms with Gasteiger partial charge >= 0.3 is 0 Å². The van der Waals surface area contributed by atoms with Gasteiger partial charge in [-0.2, -0.15) is 0 Å². The van der Waals surface area contributed by atoms with Gasteiger partial charge in [0.15, 0.2) is 0 Å². The number of halogens is 1. The van der Waals surface area contributed by atoms with Gasteiger partial charge in [-0.25, -0.2) is 4.39 Å². The second-order valence-electron chi connectivity index (χ2n) is 8.36. The Labute approximate surface area is 182 Å². The van der Waals surface area contributed by atoms with Gasteiger partial charge in [0.25, 0.3) is 0 Å². The molecule has 31 heavy (non-hydrogen) atoms. The summed E-state index contributed by atoms with van der Waals surface area (Å²) >= 11 is 0. The number of piperidine rings is 2. The lowest BCUT2D eigenvalue weighted by molar-refractivity contribution is -0.141. The predicted molar refractivity (Wildman–Crippen MR) is 116 cm³/mol. The van der Waals surface area contributed by atoms with Crippen LogP contribution >= 0.6 is 0 Å². The summed E-state index contributed by atoms with van der Waals surface area (Å²) in [5, 5.41) is 0. The Hall–Kier alpha value is -2.89. The highest BCUT2D eigenvalue weighted by Crippen LogP contribution is 2.31. The van der Waals surface area contributed by atoms with Crippen molar-refractivity contribution in [3.8, 4) is 5.75 Å². The van der Waals surface area contributed by atoms with E-state index >= 15 is 0 Å². The number of carbonyl (C=O) groups is 2. The van der Waals surface area contributed by atoms with E-state index in [0.29, 0.717) is 38.2 Å². The normalized spacial score (nSPS) is 20.8. The fourth-order valence-corrected chi connectivity index (χ4v) is 4.78. The minimum atomic E-state index is -0.331. The number of hydrogen-bond acceptors (Lipinski definition) is 3. The second kappa shape index (κ2) is 9.94. The molecule has 2 aromatic carbocycles. The summed E-state index contributed by atoms with van der Waals surface area (Å²) < 4.78 is 19.6. The van der Waals surface area contributed by atoms with E-state index in [0.717, 1.165) is 25.0 Å². The van der Waals surface area contributed by atoms with Crippen LogP contribution in [0.5, 0.6) is 5.75 Å². The minimum absolute atomic E-state index is 0.0177. The number of rotatable bonds is 6. The van der Waals surface area contributed by atoms with E-state index in [1.807, 2.05) is 40.1 Å². The molecule has 2 saturated heterocycles. The molecule has 164 valence electrons. The molecule has 6 heteroatoms. The first-order valence-electron chi connectivity index (χ1n) is 11.1. The lowest BCUT2D eigenvalue weighted by Gasteiger charge is -2.47. The highest BCUT2D eigenvalue weighted by Gasteiger charge is 2.39. The van der Waals surface area contributed by atoms with Crippen LogP contribution in [0.2, 0.25) is 0 Å². The van der Waals surface area contributed by atoms with Gasteiger partial charge < -0.3 is 14.5 Å². The molecule has 0 unspecified atom stereocenters. The molecule has 4 rings (SSSR count). The number of carbonyl (C=O) groups excluding carboxylic acids is 2. The van der Waals surface area contributed by atoms with Gasteiger partial charge in [0.05, 0.1) is 19.4 Å². The van der Waals surface area contributed by atoms with Crippen LogP contribution in [0.1, 0.15) is 31.2 Å². The fourth-order valence-electron chi connectivity index (χ4n) is 4.78. The molecule has 0 aliphatic carbocycles. The smallest absolute Gasteiger partial charge is 0.227 e. The quantitative estimate of drug-likeness (QED) is 0.711. The van der Waals surface area contributed by atoms with Crippen LogP contribution < -0.4 is 4.74 Å². The molecule has 2 atom stereocenters. The average Bonchev–Trinajstić information content (AvgIpc) is 2.80. The highest BCUT2D eigenvalue weighted by atomic mass is 19.1. The van der Waals surface area contributed by atoms with Gasteiger partial charge in [-0.15, -0.1) is 0 Å². The number of para-hydroxylation sites is 1. The van der Waals surface area contributed by atoms with Crippen LogP contribution in [-0.4, -0.2) is 53.9 Å². The Balaban J connectivity index is 1.30. The van der Waals surface area contributed by atoms with Crippen molar-refractivity contribution < 1.29 is 18.7 Å². The van der Waals surface area contributed by atoms with E-state index < -0.39 is 0 Å². The van der Waals surface area contributed by atoms with Crippen molar-refractivity contribution >= 4 is 11.8 Å². The van der Waals surface area contributed by atoms with Crippen molar-refractivity contribution in [2.75, 3.05) is 26.2 Å². The number of nitrogens with zero attached hydrogens (tertiary/aromatic N) is 2. The predicted octanol–water partition coefficient (Wildman–Crippen LogP) is 3.68. The summed E-state index contributed by atoms with van der Waals surface area (Å²) in [6.45, 7) is 2.40. The Kier molecular flexibility index (Phi) is 6.85. The average molecular weight is 425 g/mol. The van der Waals surface area contributed by atoms with Crippen LogP contribution in [0.25, 0.3) is 0 Å². The molecule has 2 fully saturated rings. The first-order chi connectivity index (χ1) is 15.1. The van der Waals surface area contributed by atoms with Crippen LogP contribution in [0.15, 0.2) is 54.6 Å². The summed E-state index contributed by atoms with van der Waals surface area (Å²) in [7, 11) is 0. The topological polar surface area (TPSA) is 49.9 Å². The van der Waals surface area contributed by atoms with Crippen LogP contribution in [-0.2, 0) is 16.0 Å². The molecule has 2 aromatic rings. The van der Waals surface area contributed by atoms with Crippen molar-refractivity contribution in [2.45, 2.75) is 38.1 Å². The van der Waals surface area contributed by atoms with Gasteiger partial charge in [-0.05, 0) is 48.9 Å². The van der Waals surface area contributed by atoms with Crippen molar-refractivity contribution in [3.63, 3.8) is 0 Å². The molecule has 0 spiro atoms. The van der Waals surface area contributed by atoms with Crippen molar-refractivity contribution in [3.05, 3.63) is 66.0 Å². The maximum absolute atomic E-state index is 14.0. The number of ether oxygens (including phenoxy) is 1. The minimum Gasteiger partial charge on any atom is -0.493 e. The number of amides is 2. The lowest BCUT2D eigenvalue weighted by atomic mass is 9.83. The van der Waals surface area contributed by atoms with Crippen molar-refractivity contribution in [2.24, 2.45) is 5.92 Å². The first-order valence-corrected chi connectivity index (χ1v) is 11.1. The molecular weight excluding hydrogens is 395 g/mol. The fraction of sp³-hybridized carbons (Fsp3) is 0.440. The summed E-state index contributed by atoms with van der Waals surface area (Å²) in [4.78, 5) is 29.5. The summed E-state index contributed by atoms with van der Waals surface area (Å²) in [6.07, 6.45) is 3.15. The molecule has 0 saturated carbocycles. The van der Waals surface area contributed by atoms with Crippen LogP contribution in [0, 0.1) is 11.7 Å². The molecule has 0 radical (unpaired) electrons. The summed E-state index contributed by atoms with van der Waals surface area (Å²) in [5.41, 5.74) is 0.445. The van der Waals surface area contributed by atoms with Crippen molar-refractivity contribution in [1.29, 1.82) is 0 Å². The molecule has 2 aliphatic heterocycles. The first kappa shape index (κ1) is 21.3. The van der Waals surface area contributed by atoms with E-state index in [1.165, 1.54) is 6.07 Å². The SMILES string of the molecule is O=C(CCOc1ccccc1)N1CC[C@H]2[C@H](CCCN2C(=O)Cc2ccccc2F)C1. The van der Waals surface area contributed by atoms with Gasteiger partial charge in [-0.3, -0.25) is 9.59 Å². The van der Waals surface area contributed by atoms with E-state index in [9.17, 15) is 14.0 Å². The molecule has 2 heterocycles. The van der Waals surface area contributed by atoms with Crippen LogP contribution in [0.3, 0.4) is 0 Å². The zero-order valence-electron chi connectivity index (χ0n) is 17.7. The third kappa shape index (κ3) is 5.24. The molecule has 0 N–H and O–H groups in total. The van der Waals surface area contributed by atoms with E-state index in [-0.39, 0.29) is 36.0 Å². The van der Waals surface area contributed by atoms with Crippen LogP contribution in [0.4, 0.5) is 4.39 Å². The molecular formula is C25H29FN2O3. The summed E-state index contributed by atoms with van der Waals surface area (Å²) in [6, 6.07) is 16.1. The third-order valence-electron chi connectivity index (χ3n) is 6.37.